The van der Waals surface area contributed by atoms with E-state index in [1.165, 1.54) is 0 Å². The van der Waals surface area contributed by atoms with E-state index in [1.54, 1.807) is 24.9 Å². The lowest BCUT2D eigenvalue weighted by Gasteiger charge is -2.07. The Labute approximate surface area is 117 Å². The van der Waals surface area contributed by atoms with E-state index < -0.39 is 11.8 Å². The molecule has 0 bridgehead atoms. The number of benzene rings is 1. The van der Waals surface area contributed by atoms with Gasteiger partial charge in [-0.1, -0.05) is 6.07 Å². The van der Waals surface area contributed by atoms with Crippen LogP contribution in [0.1, 0.15) is 6.42 Å². The zero-order valence-corrected chi connectivity index (χ0v) is 11.9. The number of hydrogen-bond donors (Lipinski definition) is 2. The monoisotopic (exact) mass is 282 g/mol. The molecule has 0 unspecified atom stereocenters. The summed E-state index contributed by atoms with van der Waals surface area (Å²) in [5.74, 6) is -1.29. The van der Waals surface area contributed by atoms with E-state index in [-0.39, 0.29) is 0 Å². The van der Waals surface area contributed by atoms with Crippen molar-refractivity contribution in [1.82, 2.24) is 5.32 Å². The highest BCUT2D eigenvalue weighted by Crippen LogP contribution is 2.18. The predicted octanol–water partition coefficient (Wildman–Crippen LogP) is 1.50. The Morgan fingerprint density at radius 1 is 1.32 bits per heavy atom. The van der Waals surface area contributed by atoms with Crippen molar-refractivity contribution in [3.8, 4) is 0 Å². The number of thioether (sulfide) groups is 1. The Morgan fingerprint density at radius 2 is 2.11 bits per heavy atom. The maximum atomic E-state index is 11.6. The molecule has 0 aliphatic heterocycles. The number of carbonyl (C=O) groups excluding carboxylic acids is 2. The van der Waals surface area contributed by atoms with Gasteiger partial charge < -0.3 is 15.4 Å². The number of amides is 2. The summed E-state index contributed by atoms with van der Waals surface area (Å²) < 4.78 is 4.85. The van der Waals surface area contributed by atoms with Crippen molar-refractivity contribution < 1.29 is 14.3 Å². The molecular weight excluding hydrogens is 264 g/mol. The number of anilines is 1. The molecule has 1 aromatic carbocycles. The molecule has 0 radical (unpaired) electrons. The second-order valence-corrected chi connectivity index (χ2v) is 4.67. The molecule has 6 heteroatoms. The molecule has 0 aromatic heterocycles. The minimum Gasteiger partial charge on any atom is -0.385 e. The zero-order chi connectivity index (χ0) is 14.1. The molecule has 0 heterocycles. The van der Waals surface area contributed by atoms with Gasteiger partial charge in [-0.25, -0.2) is 0 Å². The van der Waals surface area contributed by atoms with Crippen LogP contribution in [0.2, 0.25) is 0 Å². The van der Waals surface area contributed by atoms with Crippen LogP contribution < -0.4 is 10.6 Å². The van der Waals surface area contributed by atoms with E-state index >= 15 is 0 Å². The second-order valence-electron chi connectivity index (χ2n) is 3.79. The van der Waals surface area contributed by atoms with Gasteiger partial charge in [-0.3, -0.25) is 9.59 Å². The molecule has 0 aliphatic rings. The maximum Gasteiger partial charge on any atom is 0.313 e. The van der Waals surface area contributed by atoms with Crippen LogP contribution in [0.5, 0.6) is 0 Å². The minimum absolute atomic E-state index is 0.422. The quantitative estimate of drug-likeness (QED) is 0.471. The molecule has 0 atom stereocenters. The topological polar surface area (TPSA) is 67.4 Å². The van der Waals surface area contributed by atoms with Gasteiger partial charge in [-0.05, 0) is 30.9 Å². The van der Waals surface area contributed by atoms with E-state index in [4.69, 9.17) is 4.74 Å². The number of nitrogens with one attached hydrogen (secondary N) is 2. The first-order valence-corrected chi connectivity index (χ1v) is 7.12. The molecular formula is C13H18N2O3S. The first-order chi connectivity index (χ1) is 9.17. The fraction of sp³-hybridized carbons (Fsp3) is 0.385. The van der Waals surface area contributed by atoms with Crippen molar-refractivity contribution in [1.29, 1.82) is 0 Å². The van der Waals surface area contributed by atoms with Gasteiger partial charge in [0.2, 0.25) is 0 Å². The number of rotatable bonds is 6. The fourth-order valence-corrected chi connectivity index (χ4v) is 1.85. The Morgan fingerprint density at radius 3 is 2.79 bits per heavy atom. The van der Waals surface area contributed by atoms with Gasteiger partial charge >= 0.3 is 11.8 Å². The lowest BCUT2D eigenvalue weighted by atomic mass is 10.3. The largest absolute Gasteiger partial charge is 0.385 e. The summed E-state index contributed by atoms with van der Waals surface area (Å²) in [6.07, 6.45) is 2.63. The molecule has 0 fully saturated rings. The van der Waals surface area contributed by atoms with Crippen LogP contribution >= 0.6 is 11.8 Å². The third-order valence-electron chi connectivity index (χ3n) is 2.34. The summed E-state index contributed by atoms with van der Waals surface area (Å²) in [5, 5.41) is 5.09. The minimum atomic E-state index is -0.657. The Kier molecular flexibility index (Phi) is 6.99. The molecule has 0 saturated carbocycles. The highest BCUT2D eigenvalue weighted by Gasteiger charge is 2.12. The van der Waals surface area contributed by atoms with Gasteiger partial charge in [0.05, 0.1) is 0 Å². The van der Waals surface area contributed by atoms with E-state index in [0.29, 0.717) is 25.3 Å². The molecule has 1 aromatic rings. The fourth-order valence-electron chi connectivity index (χ4n) is 1.39. The van der Waals surface area contributed by atoms with Gasteiger partial charge in [0.25, 0.3) is 0 Å². The number of carbonyl (C=O) groups is 2. The average Bonchev–Trinajstić information content (AvgIpc) is 2.43. The van der Waals surface area contributed by atoms with Crippen LogP contribution in [0.3, 0.4) is 0 Å². The van der Waals surface area contributed by atoms with Gasteiger partial charge in [0.15, 0.2) is 0 Å². The second kappa shape index (κ2) is 8.55. The summed E-state index contributed by atoms with van der Waals surface area (Å²) in [5.41, 5.74) is 0.615. The Bertz CT molecular complexity index is 438. The van der Waals surface area contributed by atoms with E-state index in [1.807, 2.05) is 24.5 Å². The highest BCUT2D eigenvalue weighted by atomic mass is 32.2. The van der Waals surface area contributed by atoms with Crippen molar-refractivity contribution in [2.75, 3.05) is 31.8 Å². The Hall–Kier alpha value is -1.53. The van der Waals surface area contributed by atoms with Crippen LogP contribution in [-0.4, -0.2) is 38.3 Å². The van der Waals surface area contributed by atoms with Gasteiger partial charge in [0.1, 0.15) is 0 Å². The molecule has 104 valence electrons. The summed E-state index contributed by atoms with van der Waals surface area (Å²) in [7, 11) is 1.59. The highest BCUT2D eigenvalue weighted by molar-refractivity contribution is 7.98. The summed E-state index contributed by atoms with van der Waals surface area (Å²) in [4.78, 5) is 24.1. The number of ether oxygens (including phenoxy) is 1. The van der Waals surface area contributed by atoms with Crippen molar-refractivity contribution in [3.05, 3.63) is 24.3 Å². The van der Waals surface area contributed by atoms with E-state index in [0.717, 1.165) is 4.90 Å². The lowest BCUT2D eigenvalue weighted by Crippen LogP contribution is -2.36. The zero-order valence-electron chi connectivity index (χ0n) is 11.1. The normalized spacial score (nSPS) is 10.0. The standard InChI is InChI=1S/C13H18N2O3S/c1-18-8-4-7-14-12(16)13(17)15-10-5-3-6-11(9-10)19-2/h3,5-6,9H,4,7-8H2,1-2H3,(H,14,16)(H,15,17). The molecule has 0 saturated heterocycles. The van der Waals surface area contributed by atoms with Crippen LogP contribution in [-0.2, 0) is 14.3 Å². The molecule has 2 N–H and O–H groups in total. The summed E-state index contributed by atoms with van der Waals surface area (Å²) in [6, 6.07) is 7.33. The van der Waals surface area contributed by atoms with Crippen molar-refractivity contribution in [3.63, 3.8) is 0 Å². The van der Waals surface area contributed by atoms with Gasteiger partial charge in [-0.15, -0.1) is 11.8 Å². The molecule has 2 amide bonds. The molecule has 1 rings (SSSR count). The lowest BCUT2D eigenvalue weighted by molar-refractivity contribution is -0.136. The Balaban J connectivity index is 2.42. The van der Waals surface area contributed by atoms with Crippen molar-refractivity contribution in [2.24, 2.45) is 0 Å². The van der Waals surface area contributed by atoms with Crippen LogP contribution in [0.25, 0.3) is 0 Å². The molecule has 0 aliphatic carbocycles. The third-order valence-corrected chi connectivity index (χ3v) is 3.07. The average molecular weight is 282 g/mol. The summed E-state index contributed by atoms with van der Waals surface area (Å²) >= 11 is 1.57. The first-order valence-electron chi connectivity index (χ1n) is 5.89. The number of hydrogen-bond acceptors (Lipinski definition) is 4. The molecule has 5 nitrogen and oxygen atoms in total. The first kappa shape index (κ1) is 15.5. The number of methoxy groups -OCH3 is 1. The van der Waals surface area contributed by atoms with Crippen molar-refractivity contribution >= 4 is 29.3 Å². The van der Waals surface area contributed by atoms with Crippen LogP contribution in [0, 0.1) is 0 Å². The van der Waals surface area contributed by atoms with Crippen LogP contribution in [0.15, 0.2) is 29.2 Å². The van der Waals surface area contributed by atoms with E-state index in [2.05, 4.69) is 10.6 Å². The van der Waals surface area contributed by atoms with Gasteiger partial charge in [0, 0.05) is 30.8 Å². The van der Waals surface area contributed by atoms with Gasteiger partial charge in [-0.2, -0.15) is 0 Å². The molecule has 19 heavy (non-hydrogen) atoms. The smallest absolute Gasteiger partial charge is 0.313 e. The SMILES string of the molecule is COCCCNC(=O)C(=O)Nc1cccc(SC)c1. The maximum absolute atomic E-state index is 11.6. The summed E-state index contributed by atoms with van der Waals surface area (Å²) in [6.45, 7) is 0.975. The third kappa shape index (κ3) is 5.76. The van der Waals surface area contributed by atoms with Crippen LogP contribution in [0.4, 0.5) is 5.69 Å². The van der Waals surface area contributed by atoms with Crippen molar-refractivity contribution in [2.45, 2.75) is 11.3 Å². The molecule has 0 spiro atoms. The predicted molar refractivity (Wildman–Crippen MR) is 76.4 cm³/mol. The van der Waals surface area contributed by atoms with E-state index in [9.17, 15) is 9.59 Å².